The number of ketones is 1. The number of hydrogen-bond acceptors (Lipinski definition) is 3. The van der Waals surface area contributed by atoms with Crippen molar-refractivity contribution in [3.63, 3.8) is 0 Å². The Hall–Kier alpha value is -2.23. The molecule has 0 atom stereocenters. The maximum atomic E-state index is 12.9. The summed E-state index contributed by atoms with van der Waals surface area (Å²) in [7, 11) is 3.19. The van der Waals surface area contributed by atoms with Gasteiger partial charge in [-0.2, -0.15) is 0 Å². The number of methoxy groups -OCH3 is 2. The van der Waals surface area contributed by atoms with Crippen LogP contribution < -0.4 is 9.47 Å². The minimum absolute atomic E-state index is 0.0482. The van der Waals surface area contributed by atoms with E-state index >= 15 is 0 Å². The van der Waals surface area contributed by atoms with E-state index in [-0.39, 0.29) is 5.78 Å². The van der Waals surface area contributed by atoms with Gasteiger partial charge in [0.05, 0.1) is 24.3 Å². The van der Waals surface area contributed by atoms with Gasteiger partial charge in [-0.25, -0.2) is 0 Å². The van der Waals surface area contributed by atoms with Crippen LogP contribution >= 0.6 is 23.2 Å². The van der Waals surface area contributed by atoms with Crippen molar-refractivity contribution in [2.45, 2.75) is 19.3 Å². The number of ether oxygens (including phenoxy) is 2. The number of benzene rings is 2. The molecule has 3 nitrogen and oxygen atoms in total. The molecule has 5 heteroatoms. The molecule has 27 heavy (non-hydrogen) atoms. The van der Waals surface area contributed by atoms with Crippen molar-refractivity contribution in [1.29, 1.82) is 0 Å². The highest BCUT2D eigenvalue weighted by Crippen LogP contribution is 2.33. The zero-order chi connectivity index (χ0) is 19.4. The van der Waals surface area contributed by atoms with Crippen molar-refractivity contribution in [3.05, 3.63) is 68.7 Å². The van der Waals surface area contributed by atoms with E-state index in [1.54, 1.807) is 20.3 Å². The lowest BCUT2D eigenvalue weighted by Crippen LogP contribution is -2.12. The van der Waals surface area contributed by atoms with E-state index in [0.717, 1.165) is 41.5 Å². The van der Waals surface area contributed by atoms with Crippen molar-refractivity contribution in [1.82, 2.24) is 0 Å². The molecule has 0 heterocycles. The van der Waals surface area contributed by atoms with Crippen molar-refractivity contribution in [3.8, 4) is 11.5 Å². The summed E-state index contributed by atoms with van der Waals surface area (Å²) in [5, 5.41) is 0.950. The molecule has 0 radical (unpaired) electrons. The standard InChI is InChI=1S/C22H20Cl2O3/c1-26-19-10-9-14(12-20(19)27-2)11-16-6-3-7-17(22(16)25)13-15-5-4-8-18(23)21(15)24/h4-5,8-13H,3,6-7H2,1-2H3/b16-11+,17-13+. The number of hydrogen-bond donors (Lipinski definition) is 0. The molecule has 0 saturated heterocycles. The van der Waals surface area contributed by atoms with E-state index in [0.29, 0.717) is 21.5 Å². The number of Topliss-reactive ketones (excluding diaryl/α,β-unsaturated/α-hetero) is 1. The molecule has 1 aliphatic carbocycles. The Morgan fingerprint density at radius 3 is 2.33 bits per heavy atom. The molecule has 0 aromatic heterocycles. The first-order valence-corrected chi connectivity index (χ1v) is 9.41. The minimum Gasteiger partial charge on any atom is -0.493 e. The van der Waals surface area contributed by atoms with Gasteiger partial charge in [-0.05, 0) is 60.7 Å². The van der Waals surface area contributed by atoms with E-state index < -0.39 is 0 Å². The lowest BCUT2D eigenvalue weighted by molar-refractivity contribution is -0.112. The van der Waals surface area contributed by atoms with E-state index in [2.05, 4.69) is 0 Å². The number of carbonyl (C=O) groups excluding carboxylic acids is 1. The first-order chi connectivity index (χ1) is 13.0. The van der Waals surface area contributed by atoms with E-state index in [1.807, 2.05) is 42.5 Å². The molecule has 0 unspecified atom stereocenters. The first kappa shape index (κ1) is 19.5. The fourth-order valence-corrected chi connectivity index (χ4v) is 3.50. The Morgan fingerprint density at radius 1 is 0.926 bits per heavy atom. The Labute approximate surface area is 169 Å². The largest absolute Gasteiger partial charge is 0.493 e. The molecular weight excluding hydrogens is 383 g/mol. The lowest BCUT2D eigenvalue weighted by Gasteiger charge is -2.17. The fourth-order valence-electron chi connectivity index (χ4n) is 3.14. The second-order valence-corrected chi connectivity index (χ2v) is 7.06. The molecule has 2 aromatic rings. The normalized spacial score (nSPS) is 17.4. The molecule has 140 valence electrons. The average Bonchev–Trinajstić information content (AvgIpc) is 2.68. The van der Waals surface area contributed by atoms with Gasteiger partial charge in [0.2, 0.25) is 0 Å². The Kier molecular flexibility index (Phi) is 6.25. The third-order valence-corrected chi connectivity index (χ3v) is 5.37. The van der Waals surface area contributed by atoms with Gasteiger partial charge in [-0.1, -0.05) is 41.4 Å². The smallest absolute Gasteiger partial charge is 0.185 e. The summed E-state index contributed by atoms with van der Waals surface area (Å²) in [6, 6.07) is 11.0. The van der Waals surface area contributed by atoms with E-state index in [1.165, 1.54) is 0 Å². The molecule has 2 aromatic carbocycles. The summed E-state index contributed by atoms with van der Waals surface area (Å²) < 4.78 is 10.6. The van der Waals surface area contributed by atoms with Crippen LogP contribution in [-0.4, -0.2) is 20.0 Å². The van der Waals surface area contributed by atoms with Gasteiger partial charge in [0.15, 0.2) is 17.3 Å². The Balaban J connectivity index is 1.92. The molecule has 0 spiro atoms. The summed E-state index contributed by atoms with van der Waals surface area (Å²) in [6.07, 6.45) is 6.14. The third-order valence-electron chi connectivity index (χ3n) is 4.54. The summed E-state index contributed by atoms with van der Waals surface area (Å²) in [5.74, 6) is 1.34. The van der Waals surface area contributed by atoms with Crippen molar-refractivity contribution < 1.29 is 14.3 Å². The topological polar surface area (TPSA) is 35.5 Å². The number of rotatable bonds is 4. The van der Waals surface area contributed by atoms with Crippen LogP contribution in [0.3, 0.4) is 0 Å². The summed E-state index contributed by atoms with van der Waals surface area (Å²) >= 11 is 12.3. The summed E-state index contributed by atoms with van der Waals surface area (Å²) in [6.45, 7) is 0. The predicted octanol–water partition coefficient (Wildman–Crippen LogP) is 6.23. The monoisotopic (exact) mass is 402 g/mol. The second-order valence-electron chi connectivity index (χ2n) is 6.28. The third kappa shape index (κ3) is 4.37. The highest BCUT2D eigenvalue weighted by atomic mass is 35.5. The highest BCUT2D eigenvalue weighted by Gasteiger charge is 2.21. The molecule has 1 saturated carbocycles. The molecule has 0 bridgehead atoms. The Bertz CT molecular complexity index is 929. The quantitative estimate of drug-likeness (QED) is 0.568. The first-order valence-electron chi connectivity index (χ1n) is 8.65. The highest BCUT2D eigenvalue weighted by molar-refractivity contribution is 6.43. The van der Waals surface area contributed by atoms with Crippen LogP contribution in [-0.2, 0) is 4.79 Å². The van der Waals surface area contributed by atoms with Gasteiger partial charge in [0, 0.05) is 11.1 Å². The van der Waals surface area contributed by atoms with Gasteiger partial charge >= 0.3 is 0 Å². The zero-order valence-electron chi connectivity index (χ0n) is 15.2. The second kappa shape index (κ2) is 8.64. The van der Waals surface area contributed by atoms with Crippen LogP contribution in [0.5, 0.6) is 11.5 Å². The fraction of sp³-hybridized carbons (Fsp3) is 0.227. The molecule has 0 aliphatic heterocycles. The van der Waals surface area contributed by atoms with Gasteiger partial charge in [-0.15, -0.1) is 0 Å². The molecule has 1 fully saturated rings. The van der Waals surface area contributed by atoms with Crippen LogP contribution in [0.1, 0.15) is 30.4 Å². The number of halogens is 2. The SMILES string of the molecule is COc1ccc(/C=C2\CCC/C(=C\c3cccc(Cl)c3Cl)C2=O)cc1OC. The number of carbonyl (C=O) groups is 1. The van der Waals surface area contributed by atoms with Crippen LogP contribution in [0, 0.1) is 0 Å². The van der Waals surface area contributed by atoms with Crippen LogP contribution in [0.4, 0.5) is 0 Å². The van der Waals surface area contributed by atoms with Crippen LogP contribution in [0.25, 0.3) is 12.2 Å². The van der Waals surface area contributed by atoms with Crippen molar-refractivity contribution in [2.75, 3.05) is 14.2 Å². The van der Waals surface area contributed by atoms with E-state index in [4.69, 9.17) is 32.7 Å². The van der Waals surface area contributed by atoms with Gasteiger partial charge in [-0.3, -0.25) is 4.79 Å². The molecular formula is C22H20Cl2O3. The molecule has 1 aliphatic rings. The van der Waals surface area contributed by atoms with E-state index in [9.17, 15) is 4.79 Å². The maximum Gasteiger partial charge on any atom is 0.185 e. The van der Waals surface area contributed by atoms with Crippen LogP contribution in [0.15, 0.2) is 47.5 Å². The molecule has 0 N–H and O–H groups in total. The van der Waals surface area contributed by atoms with Gasteiger partial charge in [0.1, 0.15) is 0 Å². The van der Waals surface area contributed by atoms with Gasteiger partial charge in [0.25, 0.3) is 0 Å². The minimum atomic E-state index is 0.0482. The summed E-state index contributed by atoms with van der Waals surface area (Å²) in [4.78, 5) is 12.9. The van der Waals surface area contributed by atoms with Crippen molar-refractivity contribution >= 4 is 41.1 Å². The van der Waals surface area contributed by atoms with Crippen molar-refractivity contribution in [2.24, 2.45) is 0 Å². The predicted molar refractivity (Wildman–Crippen MR) is 111 cm³/mol. The molecule has 3 rings (SSSR count). The molecule has 0 amide bonds. The zero-order valence-corrected chi connectivity index (χ0v) is 16.7. The number of allylic oxidation sites excluding steroid dienone is 2. The van der Waals surface area contributed by atoms with Crippen LogP contribution in [0.2, 0.25) is 10.0 Å². The average molecular weight is 403 g/mol. The van der Waals surface area contributed by atoms with Gasteiger partial charge < -0.3 is 9.47 Å². The maximum absolute atomic E-state index is 12.9. The lowest BCUT2D eigenvalue weighted by atomic mass is 9.87. The Morgan fingerprint density at radius 2 is 1.63 bits per heavy atom. The summed E-state index contributed by atoms with van der Waals surface area (Å²) in [5.41, 5.74) is 3.19.